The number of aromatic nitrogens is 2. The van der Waals surface area contributed by atoms with E-state index in [4.69, 9.17) is 24.2 Å². The van der Waals surface area contributed by atoms with E-state index in [9.17, 15) is 19.5 Å². The lowest BCUT2D eigenvalue weighted by molar-refractivity contribution is -0.156. The molecule has 10 nitrogen and oxygen atoms in total. The van der Waals surface area contributed by atoms with Crippen molar-refractivity contribution in [2.75, 3.05) is 13.7 Å². The van der Waals surface area contributed by atoms with E-state index in [-0.39, 0.29) is 31.4 Å². The quantitative estimate of drug-likeness (QED) is 0.545. The van der Waals surface area contributed by atoms with E-state index < -0.39 is 35.4 Å². The number of hydrogen-bond donors (Lipinski definition) is 1. The van der Waals surface area contributed by atoms with E-state index in [0.29, 0.717) is 29.5 Å². The van der Waals surface area contributed by atoms with Gasteiger partial charge in [0, 0.05) is 12.5 Å². The molecule has 10 heteroatoms. The molecule has 1 unspecified atom stereocenters. The minimum atomic E-state index is -1.10. The van der Waals surface area contributed by atoms with E-state index >= 15 is 0 Å². The number of carboxylic acid groups (broad SMARTS) is 1. The van der Waals surface area contributed by atoms with E-state index in [0.717, 1.165) is 43.3 Å². The second-order valence-electron chi connectivity index (χ2n) is 12.4. The van der Waals surface area contributed by atoms with Gasteiger partial charge >= 0.3 is 11.9 Å². The Morgan fingerprint density at radius 2 is 1.88 bits per heavy atom. The summed E-state index contributed by atoms with van der Waals surface area (Å²) < 4.78 is 17.4. The van der Waals surface area contributed by atoms with Crippen molar-refractivity contribution in [2.24, 2.45) is 17.3 Å². The number of aryl methyl sites for hydroxylation is 1. The zero-order valence-corrected chi connectivity index (χ0v) is 23.7. The van der Waals surface area contributed by atoms with Crippen LogP contribution in [0.15, 0.2) is 18.2 Å². The van der Waals surface area contributed by atoms with Crippen LogP contribution in [-0.2, 0) is 25.5 Å². The van der Waals surface area contributed by atoms with Gasteiger partial charge in [0.05, 0.1) is 37.0 Å². The van der Waals surface area contributed by atoms with Gasteiger partial charge < -0.3 is 24.2 Å². The third-order valence-electron chi connectivity index (χ3n) is 8.36. The van der Waals surface area contributed by atoms with Crippen molar-refractivity contribution in [3.8, 4) is 11.6 Å². The van der Waals surface area contributed by atoms with Gasteiger partial charge in [0.1, 0.15) is 29.7 Å². The summed E-state index contributed by atoms with van der Waals surface area (Å²) in [6, 6.07) is 4.43. The first-order valence-electron chi connectivity index (χ1n) is 14.3. The smallest absolute Gasteiger partial charge is 0.326 e. The third kappa shape index (κ3) is 6.15. The van der Waals surface area contributed by atoms with Crippen LogP contribution in [0.25, 0.3) is 11.0 Å². The maximum Gasteiger partial charge on any atom is 0.326 e. The molecule has 2 aromatic rings. The number of nitrogens with zero attached hydrogens (tertiary/aromatic N) is 3. The third-order valence-corrected chi connectivity index (χ3v) is 8.36. The summed E-state index contributed by atoms with van der Waals surface area (Å²) in [5, 5.41) is 10.0. The first kappa shape index (κ1) is 28.1. The standard InChI is InChI=1S/C30H39N3O7/c1-30(2,3)20-15-26(34)40-25-12-17(25)8-6-5-7-9-22-27(32-23-13-18(38-4)10-11-21(23)31-22)39-19-14-24(29(36)37)33(16-19)28(20)35/h10-11,13,17,19-20,24-25H,5-9,12,14-16H2,1-4H3,(H,36,37)/t17-,19?,20-,24+,25-/m1/s1. The second kappa shape index (κ2) is 11.2. The summed E-state index contributed by atoms with van der Waals surface area (Å²) in [5.74, 6) is -1.22. The lowest BCUT2D eigenvalue weighted by Gasteiger charge is -2.33. The highest BCUT2D eigenvalue weighted by Gasteiger charge is 2.47. The summed E-state index contributed by atoms with van der Waals surface area (Å²) in [5.41, 5.74) is 1.50. The van der Waals surface area contributed by atoms with E-state index in [1.807, 2.05) is 32.9 Å². The molecule has 1 saturated heterocycles. The Morgan fingerprint density at radius 3 is 2.60 bits per heavy atom. The molecule has 2 aliphatic heterocycles. The topological polar surface area (TPSA) is 128 Å². The molecule has 1 amide bonds. The average Bonchev–Trinajstić information content (AvgIpc) is 3.48. The minimum Gasteiger partial charge on any atom is -0.497 e. The monoisotopic (exact) mass is 553 g/mol. The van der Waals surface area contributed by atoms with Crippen LogP contribution in [0.3, 0.4) is 0 Å². The number of ether oxygens (including phenoxy) is 3. The fraction of sp³-hybridized carbons (Fsp3) is 0.633. The van der Waals surface area contributed by atoms with Crippen molar-refractivity contribution in [3.63, 3.8) is 0 Å². The number of benzene rings is 1. The van der Waals surface area contributed by atoms with Gasteiger partial charge in [-0.2, -0.15) is 0 Å². The number of carboxylic acids is 1. The van der Waals surface area contributed by atoms with Crippen molar-refractivity contribution in [3.05, 3.63) is 23.9 Å². The van der Waals surface area contributed by atoms with Gasteiger partial charge in [0.15, 0.2) is 0 Å². The number of fused-ring (bicyclic) bond motifs is 5. The van der Waals surface area contributed by atoms with Gasteiger partial charge in [-0.1, -0.05) is 33.6 Å². The Kier molecular flexibility index (Phi) is 7.88. The fourth-order valence-corrected chi connectivity index (χ4v) is 5.85. The second-order valence-corrected chi connectivity index (χ2v) is 12.4. The normalized spacial score (nSPS) is 28.0. The molecule has 5 atom stereocenters. The largest absolute Gasteiger partial charge is 0.497 e. The van der Waals surface area contributed by atoms with Crippen LogP contribution < -0.4 is 9.47 Å². The highest BCUT2D eigenvalue weighted by atomic mass is 16.5. The van der Waals surface area contributed by atoms with Gasteiger partial charge in [-0.15, -0.1) is 0 Å². The van der Waals surface area contributed by atoms with E-state index in [1.165, 1.54) is 4.90 Å². The molecule has 1 aliphatic carbocycles. The van der Waals surface area contributed by atoms with Crippen LogP contribution in [0.2, 0.25) is 0 Å². The van der Waals surface area contributed by atoms with Gasteiger partial charge in [0.2, 0.25) is 11.8 Å². The lowest BCUT2D eigenvalue weighted by Crippen LogP contribution is -2.47. The number of rotatable bonds is 2. The molecule has 0 spiro atoms. The zero-order valence-electron chi connectivity index (χ0n) is 23.7. The molecule has 2 bridgehead atoms. The highest BCUT2D eigenvalue weighted by Crippen LogP contribution is 2.40. The number of carbonyl (C=O) groups is 3. The Balaban J connectivity index is 1.48. The average molecular weight is 554 g/mol. The van der Waals surface area contributed by atoms with Crippen LogP contribution in [0.1, 0.15) is 71.4 Å². The summed E-state index contributed by atoms with van der Waals surface area (Å²) in [6.07, 6.45) is 4.78. The molecule has 216 valence electrons. The molecule has 1 aromatic carbocycles. The van der Waals surface area contributed by atoms with Crippen LogP contribution in [0, 0.1) is 17.3 Å². The van der Waals surface area contributed by atoms with Gasteiger partial charge in [-0.3, -0.25) is 9.59 Å². The molecule has 1 N–H and O–H groups in total. The number of hydrogen-bond acceptors (Lipinski definition) is 8. The summed E-state index contributed by atoms with van der Waals surface area (Å²) in [6.45, 7) is 5.75. The molecular formula is C30H39N3O7. The number of aliphatic carboxylic acids is 1. The molecule has 2 fully saturated rings. The van der Waals surface area contributed by atoms with Crippen molar-refractivity contribution in [1.82, 2.24) is 14.9 Å². The molecule has 0 radical (unpaired) electrons. The first-order valence-corrected chi connectivity index (χ1v) is 14.3. The molecule has 40 heavy (non-hydrogen) atoms. The number of amides is 1. The van der Waals surface area contributed by atoms with Crippen molar-refractivity contribution >= 4 is 28.9 Å². The van der Waals surface area contributed by atoms with Crippen LogP contribution in [0.5, 0.6) is 11.6 Å². The minimum absolute atomic E-state index is 0.0813. The molecular weight excluding hydrogens is 514 g/mol. The van der Waals surface area contributed by atoms with Crippen molar-refractivity contribution < 1.29 is 33.7 Å². The van der Waals surface area contributed by atoms with Gasteiger partial charge in [-0.05, 0) is 49.1 Å². The highest BCUT2D eigenvalue weighted by molar-refractivity contribution is 5.89. The number of methoxy groups -OCH3 is 1. The Bertz CT molecular complexity index is 1290. The SMILES string of the molecule is COc1ccc2nc3c(nc2c1)OC1C[C@@H](C(=O)O)N(C1)C(=O)[C@H](C(C)(C)C)CC(=O)O[C@@H]1C[C@H]1CCCCC3. The van der Waals surface area contributed by atoms with Crippen molar-refractivity contribution in [1.29, 1.82) is 0 Å². The van der Waals surface area contributed by atoms with E-state index in [2.05, 4.69) is 0 Å². The van der Waals surface area contributed by atoms with Crippen LogP contribution in [-0.4, -0.2) is 69.7 Å². The molecule has 3 aliphatic rings. The summed E-state index contributed by atoms with van der Waals surface area (Å²) in [4.78, 5) is 50.0. The Labute approximate surface area is 234 Å². The zero-order chi connectivity index (χ0) is 28.6. The van der Waals surface area contributed by atoms with Crippen LogP contribution >= 0.6 is 0 Å². The van der Waals surface area contributed by atoms with Crippen LogP contribution in [0.4, 0.5) is 0 Å². The maximum atomic E-state index is 13.8. The predicted octanol–water partition coefficient (Wildman–Crippen LogP) is 4.17. The van der Waals surface area contributed by atoms with Gasteiger partial charge in [0.25, 0.3) is 0 Å². The predicted molar refractivity (Wildman–Crippen MR) is 146 cm³/mol. The molecule has 3 heterocycles. The first-order chi connectivity index (χ1) is 19.0. The molecule has 1 saturated carbocycles. The maximum absolute atomic E-state index is 13.8. The molecule has 1 aromatic heterocycles. The lowest BCUT2D eigenvalue weighted by atomic mass is 9.77. The Morgan fingerprint density at radius 1 is 1.07 bits per heavy atom. The Hall–Kier alpha value is -3.43. The summed E-state index contributed by atoms with van der Waals surface area (Å²) in [7, 11) is 1.59. The number of carbonyl (C=O) groups excluding carboxylic acids is 2. The molecule has 5 rings (SSSR count). The van der Waals surface area contributed by atoms with E-state index in [1.54, 1.807) is 13.2 Å². The fourth-order valence-electron chi connectivity index (χ4n) is 5.85. The summed E-state index contributed by atoms with van der Waals surface area (Å²) >= 11 is 0. The number of esters is 1. The van der Waals surface area contributed by atoms with Gasteiger partial charge in [-0.25, -0.2) is 14.8 Å². The van der Waals surface area contributed by atoms with Crippen molar-refractivity contribution in [2.45, 2.75) is 90.4 Å².